The maximum absolute atomic E-state index is 11.6. The predicted octanol–water partition coefficient (Wildman–Crippen LogP) is 6.17. The van der Waals surface area contributed by atoms with Crippen LogP contribution in [0.3, 0.4) is 0 Å². The number of aldehydes is 1. The zero-order valence-corrected chi connectivity index (χ0v) is 23.8. The number of rotatable bonds is 11. The number of hydrogen-bond donors (Lipinski definition) is 0. The summed E-state index contributed by atoms with van der Waals surface area (Å²) in [6.07, 6.45) is 5.21. The molecule has 0 N–H and O–H groups in total. The molecular weight excluding hydrogens is 541 g/mol. The van der Waals surface area contributed by atoms with Gasteiger partial charge in [-0.3, -0.25) is 0 Å². The van der Waals surface area contributed by atoms with Gasteiger partial charge in [0.25, 0.3) is 0 Å². The molecule has 0 saturated carbocycles. The SMILES string of the molecule is Br.O=Cc1ccc(N2CCC2)cc1OCCCC[PH](c1ccccc1)(c1ccccc1)c1ccccc1. The van der Waals surface area contributed by atoms with Gasteiger partial charge < -0.3 is 0 Å². The van der Waals surface area contributed by atoms with Crippen molar-refractivity contribution in [3.8, 4) is 5.75 Å². The van der Waals surface area contributed by atoms with Crippen LogP contribution in [-0.4, -0.2) is 32.1 Å². The number of nitrogens with zero attached hydrogens (tertiary/aromatic N) is 1. The number of carbonyl (C=O) groups is 1. The molecule has 5 rings (SSSR count). The fraction of sp³-hybridized carbons (Fsp3) is 0.219. The van der Waals surface area contributed by atoms with Crippen LogP contribution in [0.5, 0.6) is 5.75 Å². The summed E-state index contributed by atoms with van der Waals surface area (Å²) in [6.45, 7) is 2.75. The first-order chi connectivity index (χ1) is 17.8. The van der Waals surface area contributed by atoms with Crippen LogP contribution in [0, 0.1) is 0 Å². The summed E-state index contributed by atoms with van der Waals surface area (Å²) in [5.74, 6) is 0.701. The third-order valence-electron chi connectivity index (χ3n) is 7.35. The Morgan fingerprint density at radius 1 is 0.730 bits per heavy atom. The van der Waals surface area contributed by atoms with Gasteiger partial charge in [0.2, 0.25) is 0 Å². The molecule has 4 aromatic carbocycles. The van der Waals surface area contributed by atoms with Crippen molar-refractivity contribution >= 4 is 52.1 Å². The number of hydrogen-bond acceptors (Lipinski definition) is 3. The van der Waals surface area contributed by atoms with Crippen molar-refractivity contribution in [2.45, 2.75) is 19.3 Å². The summed E-state index contributed by atoms with van der Waals surface area (Å²) >= 11 is 0. The average Bonchev–Trinajstić information content (AvgIpc) is 2.91. The topological polar surface area (TPSA) is 29.5 Å². The van der Waals surface area contributed by atoms with Crippen molar-refractivity contribution in [1.82, 2.24) is 0 Å². The van der Waals surface area contributed by atoms with E-state index < -0.39 is 7.26 Å². The number of benzene rings is 4. The van der Waals surface area contributed by atoms with E-state index in [4.69, 9.17) is 4.74 Å². The Morgan fingerprint density at radius 3 is 1.73 bits per heavy atom. The third kappa shape index (κ3) is 5.98. The first-order valence-corrected chi connectivity index (χ1v) is 15.2. The quantitative estimate of drug-likeness (QED) is 0.122. The number of carbonyl (C=O) groups excluding carboxylic acids is 1. The van der Waals surface area contributed by atoms with E-state index in [-0.39, 0.29) is 17.0 Å². The first-order valence-electron chi connectivity index (χ1n) is 12.9. The van der Waals surface area contributed by atoms with E-state index >= 15 is 0 Å². The fourth-order valence-corrected chi connectivity index (χ4v) is 10.2. The molecule has 192 valence electrons. The van der Waals surface area contributed by atoms with Crippen LogP contribution >= 0.6 is 24.2 Å². The van der Waals surface area contributed by atoms with Gasteiger partial charge in [0.05, 0.1) is 0 Å². The maximum atomic E-state index is 11.6. The number of ether oxygens (including phenoxy) is 1. The Hall–Kier alpha value is -2.94. The van der Waals surface area contributed by atoms with E-state index in [2.05, 4.69) is 95.9 Å². The minimum atomic E-state index is -2.21. The van der Waals surface area contributed by atoms with Crippen LogP contribution in [0.2, 0.25) is 0 Å². The summed E-state index contributed by atoms with van der Waals surface area (Å²) in [4.78, 5) is 13.9. The van der Waals surface area contributed by atoms with Gasteiger partial charge >= 0.3 is 215 Å². The molecule has 1 fully saturated rings. The Morgan fingerprint density at radius 2 is 1.27 bits per heavy atom. The molecule has 0 spiro atoms. The minimum absolute atomic E-state index is 0. The Bertz CT molecular complexity index is 1170. The summed E-state index contributed by atoms with van der Waals surface area (Å²) in [6, 6.07) is 39.1. The van der Waals surface area contributed by atoms with Gasteiger partial charge in [0.1, 0.15) is 0 Å². The molecule has 0 bridgehead atoms. The molecule has 0 unspecified atom stereocenters. The van der Waals surface area contributed by atoms with Gasteiger partial charge in [-0.05, 0) is 0 Å². The van der Waals surface area contributed by atoms with Crippen LogP contribution in [0.4, 0.5) is 5.69 Å². The van der Waals surface area contributed by atoms with Crippen LogP contribution in [-0.2, 0) is 0 Å². The molecule has 0 amide bonds. The van der Waals surface area contributed by atoms with E-state index in [0.717, 1.165) is 44.1 Å². The fourth-order valence-electron chi connectivity index (χ4n) is 5.29. The van der Waals surface area contributed by atoms with Crippen LogP contribution in [0.15, 0.2) is 109 Å². The van der Waals surface area contributed by atoms with Gasteiger partial charge in [0.15, 0.2) is 0 Å². The molecule has 37 heavy (non-hydrogen) atoms. The molecule has 5 heteroatoms. The first kappa shape index (κ1) is 27.1. The molecule has 3 nitrogen and oxygen atoms in total. The number of unbranched alkanes of at least 4 members (excludes halogenated alkanes) is 1. The van der Waals surface area contributed by atoms with E-state index in [1.165, 1.54) is 22.3 Å². The summed E-state index contributed by atoms with van der Waals surface area (Å²) in [5, 5.41) is 4.32. The zero-order valence-electron chi connectivity index (χ0n) is 21.1. The Kier molecular flexibility index (Phi) is 9.55. The molecule has 1 saturated heterocycles. The second kappa shape index (κ2) is 13.0. The molecule has 0 aliphatic carbocycles. The van der Waals surface area contributed by atoms with E-state index in [9.17, 15) is 4.79 Å². The van der Waals surface area contributed by atoms with Crippen LogP contribution in [0.1, 0.15) is 29.6 Å². The van der Waals surface area contributed by atoms with E-state index in [1.807, 2.05) is 18.2 Å². The zero-order chi connectivity index (χ0) is 24.6. The van der Waals surface area contributed by atoms with Crippen molar-refractivity contribution < 1.29 is 9.53 Å². The van der Waals surface area contributed by atoms with Crippen molar-refractivity contribution in [1.29, 1.82) is 0 Å². The Balaban J connectivity index is 0.00000320. The van der Waals surface area contributed by atoms with Crippen molar-refractivity contribution in [3.63, 3.8) is 0 Å². The molecular formula is C32H35BrNO2P. The monoisotopic (exact) mass is 575 g/mol. The summed E-state index contributed by atoms with van der Waals surface area (Å²) in [7, 11) is -2.21. The number of halogens is 1. The molecule has 1 aliphatic rings. The van der Waals surface area contributed by atoms with Gasteiger partial charge in [-0.1, -0.05) is 0 Å². The molecule has 0 radical (unpaired) electrons. The summed E-state index contributed by atoms with van der Waals surface area (Å²) in [5.41, 5.74) is 1.77. The van der Waals surface area contributed by atoms with E-state index in [0.29, 0.717) is 17.9 Å². The normalized spacial score (nSPS) is 13.2. The predicted molar refractivity (Wildman–Crippen MR) is 165 cm³/mol. The summed E-state index contributed by atoms with van der Waals surface area (Å²) < 4.78 is 6.18. The molecule has 4 aromatic rings. The van der Waals surface area contributed by atoms with Gasteiger partial charge in [-0.25, -0.2) is 0 Å². The third-order valence-corrected chi connectivity index (χ3v) is 12.4. The molecule has 1 aliphatic heterocycles. The second-order valence-corrected chi connectivity index (χ2v) is 13.5. The second-order valence-electron chi connectivity index (χ2n) is 9.49. The van der Waals surface area contributed by atoms with Crippen LogP contribution < -0.4 is 25.6 Å². The average molecular weight is 577 g/mol. The molecule has 0 atom stereocenters. The van der Waals surface area contributed by atoms with Gasteiger partial charge in [0, 0.05) is 0 Å². The van der Waals surface area contributed by atoms with Crippen molar-refractivity contribution in [2.24, 2.45) is 0 Å². The van der Waals surface area contributed by atoms with Gasteiger partial charge in [-0.2, -0.15) is 0 Å². The molecule has 1 heterocycles. The van der Waals surface area contributed by atoms with Crippen molar-refractivity contribution in [3.05, 3.63) is 115 Å². The van der Waals surface area contributed by atoms with Crippen LogP contribution in [0.25, 0.3) is 0 Å². The van der Waals surface area contributed by atoms with Gasteiger partial charge in [-0.15, -0.1) is 17.0 Å². The van der Waals surface area contributed by atoms with Crippen molar-refractivity contribution in [2.75, 3.05) is 30.8 Å². The number of anilines is 1. The Labute approximate surface area is 231 Å². The molecule has 0 aromatic heterocycles. The standard InChI is InChI=1S/C32H34NO2P.BrH/c34-26-27-19-20-28(33-21-12-22-33)25-32(27)35-23-10-11-24-36(29-13-4-1-5-14-29,30-15-6-2-7-16-30)31-17-8-3-9-18-31;/h1-9,13-20,25-26,36H,10-12,21-24H2;1H. The van der Waals surface area contributed by atoms with E-state index in [1.54, 1.807) is 0 Å².